The van der Waals surface area contributed by atoms with E-state index < -0.39 is 0 Å². The Balaban J connectivity index is 2.49. The van der Waals surface area contributed by atoms with Gasteiger partial charge in [-0.1, -0.05) is 32.9 Å². The van der Waals surface area contributed by atoms with E-state index in [2.05, 4.69) is 31.0 Å². The van der Waals surface area contributed by atoms with E-state index in [-0.39, 0.29) is 5.82 Å². The maximum Gasteiger partial charge on any atom is 0.123 e. The highest BCUT2D eigenvalue weighted by Gasteiger charge is 2.10. The zero-order valence-corrected chi connectivity index (χ0v) is 12.5. The van der Waals surface area contributed by atoms with Crippen molar-refractivity contribution in [3.63, 3.8) is 0 Å². The zero-order valence-electron chi connectivity index (χ0n) is 12.5. The number of rotatable bonds is 9. The highest BCUT2D eigenvalue weighted by Crippen LogP contribution is 2.08. The number of hydrogen-bond acceptors (Lipinski definition) is 2. The average molecular weight is 266 g/mol. The van der Waals surface area contributed by atoms with Gasteiger partial charge in [0.15, 0.2) is 0 Å². The second-order valence-electron chi connectivity index (χ2n) is 4.90. The summed E-state index contributed by atoms with van der Waals surface area (Å²) in [5.74, 6) is -0.160. The Labute approximate surface area is 117 Å². The summed E-state index contributed by atoms with van der Waals surface area (Å²) in [5, 5.41) is 3.53. The SMILES string of the molecule is CCNC(CCN(CC)CC)Cc1ccc(F)cc1. The van der Waals surface area contributed by atoms with E-state index in [0.717, 1.165) is 39.0 Å². The highest BCUT2D eigenvalue weighted by molar-refractivity contribution is 5.17. The van der Waals surface area contributed by atoms with Crippen LogP contribution in [0.25, 0.3) is 0 Å². The van der Waals surface area contributed by atoms with Crippen LogP contribution in [-0.4, -0.2) is 37.1 Å². The summed E-state index contributed by atoms with van der Waals surface area (Å²) in [6, 6.07) is 7.33. The largest absolute Gasteiger partial charge is 0.314 e. The second-order valence-corrected chi connectivity index (χ2v) is 4.90. The molecule has 0 radical (unpaired) electrons. The third-order valence-corrected chi connectivity index (χ3v) is 3.58. The van der Waals surface area contributed by atoms with Crippen LogP contribution >= 0.6 is 0 Å². The molecule has 0 aromatic heterocycles. The van der Waals surface area contributed by atoms with E-state index >= 15 is 0 Å². The lowest BCUT2D eigenvalue weighted by Gasteiger charge is -2.23. The first kappa shape index (κ1) is 16.1. The highest BCUT2D eigenvalue weighted by atomic mass is 19.1. The average Bonchev–Trinajstić information content (AvgIpc) is 2.42. The smallest absolute Gasteiger partial charge is 0.123 e. The number of halogens is 1. The van der Waals surface area contributed by atoms with Crippen molar-refractivity contribution in [3.05, 3.63) is 35.6 Å². The first-order valence-electron chi connectivity index (χ1n) is 7.39. The van der Waals surface area contributed by atoms with Gasteiger partial charge in [-0.25, -0.2) is 4.39 Å². The lowest BCUT2D eigenvalue weighted by atomic mass is 10.0. The molecule has 108 valence electrons. The molecule has 0 saturated heterocycles. The minimum absolute atomic E-state index is 0.160. The molecule has 0 amide bonds. The summed E-state index contributed by atoms with van der Waals surface area (Å²) in [6.07, 6.45) is 2.10. The summed E-state index contributed by atoms with van der Waals surface area (Å²) in [7, 11) is 0. The molecule has 1 N–H and O–H groups in total. The van der Waals surface area contributed by atoms with Gasteiger partial charge in [0.2, 0.25) is 0 Å². The van der Waals surface area contributed by atoms with Gasteiger partial charge >= 0.3 is 0 Å². The molecule has 0 bridgehead atoms. The summed E-state index contributed by atoms with van der Waals surface area (Å²) in [5.41, 5.74) is 1.20. The van der Waals surface area contributed by atoms with Crippen LogP contribution in [0.4, 0.5) is 4.39 Å². The molecule has 0 aliphatic heterocycles. The van der Waals surface area contributed by atoms with Crippen LogP contribution in [-0.2, 0) is 6.42 Å². The maximum atomic E-state index is 12.9. The van der Waals surface area contributed by atoms with Crippen LogP contribution in [0.2, 0.25) is 0 Å². The summed E-state index contributed by atoms with van der Waals surface area (Å²) in [6.45, 7) is 10.8. The molecule has 0 saturated carbocycles. The van der Waals surface area contributed by atoms with Crippen LogP contribution in [0.5, 0.6) is 0 Å². The molecule has 2 nitrogen and oxygen atoms in total. The summed E-state index contributed by atoms with van der Waals surface area (Å²) >= 11 is 0. The van der Waals surface area contributed by atoms with Gasteiger partial charge in [0, 0.05) is 6.04 Å². The van der Waals surface area contributed by atoms with Crippen LogP contribution in [0, 0.1) is 5.82 Å². The van der Waals surface area contributed by atoms with Gasteiger partial charge in [-0.15, -0.1) is 0 Å². The zero-order chi connectivity index (χ0) is 14.1. The number of nitrogens with one attached hydrogen (secondary N) is 1. The fraction of sp³-hybridized carbons (Fsp3) is 0.625. The van der Waals surface area contributed by atoms with Crippen molar-refractivity contribution in [3.8, 4) is 0 Å². The monoisotopic (exact) mass is 266 g/mol. The topological polar surface area (TPSA) is 15.3 Å². The van der Waals surface area contributed by atoms with Crippen LogP contribution < -0.4 is 5.32 Å². The van der Waals surface area contributed by atoms with Crippen LogP contribution in [0.15, 0.2) is 24.3 Å². The van der Waals surface area contributed by atoms with Crippen molar-refractivity contribution in [2.45, 2.75) is 39.7 Å². The van der Waals surface area contributed by atoms with Crippen molar-refractivity contribution in [2.75, 3.05) is 26.2 Å². The Bertz CT molecular complexity index is 333. The predicted octanol–water partition coefficient (Wildman–Crippen LogP) is 3.08. The normalized spacial score (nSPS) is 12.9. The van der Waals surface area contributed by atoms with Crippen LogP contribution in [0.1, 0.15) is 32.8 Å². The van der Waals surface area contributed by atoms with Crippen molar-refractivity contribution in [2.24, 2.45) is 0 Å². The lowest BCUT2D eigenvalue weighted by molar-refractivity contribution is 0.281. The minimum atomic E-state index is -0.160. The van der Waals surface area contributed by atoms with Gasteiger partial charge < -0.3 is 10.2 Å². The molecule has 1 rings (SSSR count). The molecule has 0 heterocycles. The molecule has 1 unspecified atom stereocenters. The molecule has 19 heavy (non-hydrogen) atoms. The van der Waals surface area contributed by atoms with E-state index in [1.165, 1.54) is 5.56 Å². The van der Waals surface area contributed by atoms with Crippen molar-refractivity contribution in [1.29, 1.82) is 0 Å². The fourth-order valence-corrected chi connectivity index (χ4v) is 2.35. The third-order valence-electron chi connectivity index (χ3n) is 3.58. The minimum Gasteiger partial charge on any atom is -0.314 e. The molecule has 1 atom stereocenters. The Hall–Kier alpha value is -0.930. The quantitative estimate of drug-likeness (QED) is 0.739. The fourth-order valence-electron chi connectivity index (χ4n) is 2.35. The van der Waals surface area contributed by atoms with Gasteiger partial charge in [0.05, 0.1) is 0 Å². The second kappa shape index (κ2) is 9.05. The van der Waals surface area contributed by atoms with Gasteiger partial charge in [0.1, 0.15) is 5.82 Å². The van der Waals surface area contributed by atoms with Crippen molar-refractivity contribution >= 4 is 0 Å². The Kier molecular flexibility index (Phi) is 7.68. The molecule has 0 fully saturated rings. The first-order valence-corrected chi connectivity index (χ1v) is 7.39. The van der Waals surface area contributed by atoms with E-state index in [4.69, 9.17) is 0 Å². The Morgan fingerprint density at radius 2 is 1.74 bits per heavy atom. The molecule has 0 aliphatic carbocycles. The molecule has 0 aliphatic rings. The van der Waals surface area contributed by atoms with E-state index in [9.17, 15) is 4.39 Å². The number of likely N-dealkylation sites (N-methyl/N-ethyl adjacent to an activating group) is 1. The standard InChI is InChI=1S/C16H27FN2/c1-4-18-16(11-12-19(5-2)6-3)13-14-7-9-15(17)10-8-14/h7-10,16,18H,4-6,11-13H2,1-3H3. The summed E-state index contributed by atoms with van der Waals surface area (Å²) < 4.78 is 12.9. The van der Waals surface area contributed by atoms with E-state index in [1.54, 1.807) is 12.1 Å². The number of hydrogen-bond donors (Lipinski definition) is 1. The Morgan fingerprint density at radius 1 is 1.11 bits per heavy atom. The number of benzene rings is 1. The van der Waals surface area contributed by atoms with Gasteiger partial charge in [0.25, 0.3) is 0 Å². The van der Waals surface area contributed by atoms with Gasteiger partial charge in [-0.2, -0.15) is 0 Å². The van der Waals surface area contributed by atoms with Gasteiger partial charge in [-0.3, -0.25) is 0 Å². The molecule has 1 aromatic carbocycles. The van der Waals surface area contributed by atoms with Crippen molar-refractivity contribution < 1.29 is 4.39 Å². The third kappa shape index (κ3) is 6.17. The van der Waals surface area contributed by atoms with Gasteiger partial charge in [-0.05, 0) is 56.7 Å². The lowest BCUT2D eigenvalue weighted by Crippen LogP contribution is -2.35. The molecular formula is C16H27FN2. The number of nitrogens with zero attached hydrogens (tertiary/aromatic N) is 1. The molecule has 3 heteroatoms. The van der Waals surface area contributed by atoms with E-state index in [0.29, 0.717) is 6.04 Å². The maximum absolute atomic E-state index is 12.9. The van der Waals surface area contributed by atoms with E-state index in [1.807, 2.05) is 12.1 Å². The van der Waals surface area contributed by atoms with Crippen LogP contribution in [0.3, 0.4) is 0 Å². The molecule has 0 spiro atoms. The Morgan fingerprint density at radius 3 is 2.26 bits per heavy atom. The summed E-state index contributed by atoms with van der Waals surface area (Å²) in [4.78, 5) is 2.44. The molecular weight excluding hydrogens is 239 g/mol. The van der Waals surface area contributed by atoms with Crippen molar-refractivity contribution in [1.82, 2.24) is 10.2 Å². The predicted molar refractivity (Wildman–Crippen MR) is 80.0 cm³/mol. The molecule has 1 aromatic rings. The first-order chi connectivity index (χ1) is 9.19.